The Hall–Kier alpha value is -2.31. The minimum absolute atomic E-state index is 0.0383. The summed E-state index contributed by atoms with van der Waals surface area (Å²) in [6.07, 6.45) is 1.88. The van der Waals surface area contributed by atoms with Crippen molar-refractivity contribution in [2.75, 3.05) is 19.6 Å². The van der Waals surface area contributed by atoms with Crippen LogP contribution in [-0.4, -0.2) is 42.6 Å². The van der Waals surface area contributed by atoms with Gasteiger partial charge in [-0.15, -0.1) is 0 Å². The van der Waals surface area contributed by atoms with Gasteiger partial charge in [0.1, 0.15) is 23.8 Å². The maximum Gasteiger partial charge on any atom is 0.324 e. The van der Waals surface area contributed by atoms with Crippen LogP contribution < -0.4 is 5.32 Å². The largest absolute Gasteiger partial charge is 0.461 e. The van der Waals surface area contributed by atoms with Crippen molar-refractivity contribution in [1.29, 1.82) is 0 Å². The van der Waals surface area contributed by atoms with Crippen LogP contribution in [0.25, 0.3) is 0 Å². The number of hydrogen-bond acceptors (Lipinski definition) is 4. The Morgan fingerprint density at radius 2 is 1.56 bits per heavy atom. The van der Waals surface area contributed by atoms with E-state index < -0.39 is 6.04 Å². The number of nitrogens with zero attached hydrogens (tertiary/aromatic N) is 1. The molecule has 0 bridgehead atoms. The number of hydrogen-bond donors (Lipinski definition) is 1. The Labute approximate surface area is 157 Å². The van der Waals surface area contributed by atoms with Gasteiger partial charge in [-0.25, -0.2) is 8.78 Å². The molecule has 2 aliphatic rings. The van der Waals surface area contributed by atoms with Gasteiger partial charge in [0, 0.05) is 19.6 Å². The Balaban J connectivity index is 1.69. The van der Waals surface area contributed by atoms with E-state index in [0.717, 1.165) is 30.5 Å². The first-order chi connectivity index (χ1) is 13.1. The summed E-state index contributed by atoms with van der Waals surface area (Å²) < 4.78 is 32.5. The number of rotatable bonds is 5. The molecular weight excluding hydrogens is 350 g/mol. The first-order valence-corrected chi connectivity index (χ1v) is 9.30. The molecule has 4 nitrogen and oxygen atoms in total. The molecule has 1 atom stereocenters. The zero-order valence-corrected chi connectivity index (χ0v) is 14.9. The van der Waals surface area contributed by atoms with Crippen molar-refractivity contribution in [3.63, 3.8) is 0 Å². The number of ether oxygens (including phenoxy) is 1. The second-order valence-electron chi connectivity index (χ2n) is 7.10. The van der Waals surface area contributed by atoms with Crippen LogP contribution >= 0.6 is 0 Å². The van der Waals surface area contributed by atoms with Gasteiger partial charge in [-0.1, -0.05) is 24.3 Å². The van der Waals surface area contributed by atoms with Crippen molar-refractivity contribution >= 4 is 5.97 Å². The number of carbonyl (C=O) groups is 1. The lowest BCUT2D eigenvalue weighted by Crippen LogP contribution is -2.56. The zero-order chi connectivity index (χ0) is 18.8. The van der Waals surface area contributed by atoms with E-state index in [4.69, 9.17) is 4.74 Å². The summed E-state index contributed by atoms with van der Waals surface area (Å²) in [6.45, 7) is 1.85. The zero-order valence-electron chi connectivity index (χ0n) is 14.9. The Kier molecular flexibility index (Phi) is 5.18. The van der Waals surface area contributed by atoms with Gasteiger partial charge in [-0.2, -0.15) is 0 Å². The standard InChI is InChI=1S/C21H22F2N2O2/c22-16-5-1-14(2-6-16)20(15-3-7-17(23)8-4-15)25-12-11-24-13-19(25)21(26)27-18-9-10-18/h1-8,18-20,24H,9-13H2. The molecule has 1 aliphatic carbocycles. The highest BCUT2D eigenvalue weighted by Crippen LogP contribution is 2.33. The van der Waals surface area contributed by atoms with Gasteiger partial charge in [0.25, 0.3) is 0 Å². The molecule has 1 N–H and O–H groups in total. The van der Waals surface area contributed by atoms with E-state index >= 15 is 0 Å². The number of esters is 1. The second-order valence-corrected chi connectivity index (χ2v) is 7.10. The summed E-state index contributed by atoms with van der Waals surface area (Å²) in [7, 11) is 0. The Bertz CT molecular complexity index is 745. The maximum absolute atomic E-state index is 13.5. The number of halogens is 2. The topological polar surface area (TPSA) is 41.6 Å². The highest BCUT2D eigenvalue weighted by molar-refractivity contribution is 5.77. The predicted octanol–water partition coefficient (Wildman–Crippen LogP) is 3.03. The summed E-state index contributed by atoms with van der Waals surface area (Å²) in [5.74, 6) is -0.873. The van der Waals surface area contributed by atoms with Crippen LogP contribution in [0.4, 0.5) is 8.78 Å². The molecule has 0 aromatic heterocycles. The summed E-state index contributed by atoms with van der Waals surface area (Å²) in [5, 5.41) is 3.25. The second kappa shape index (κ2) is 7.74. The van der Waals surface area contributed by atoms with Gasteiger partial charge in [0.2, 0.25) is 0 Å². The van der Waals surface area contributed by atoms with Crippen molar-refractivity contribution < 1.29 is 18.3 Å². The molecule has 1 heterocycles. The van der Waals surface area contributed by atoms with Crippen molar-refractivity contribution in [2.45, 2.75) is 31.0 Å². The van der Waals surface area contributed by atoms with Crippen LogP contribution in [0.1, 0.15) is 30.0 Å². The molecule has 27 heavy (non-hydrogen) atoms. The highest BCUT2D eigenvalue weighted by atomic mass is 19.1. The van der Waals surface area contributed by atoms with Crippen molar-refractivity contribution in [1.82, 2.24) is 10.2 Å². The van der Waals surface area contributed by atoms with Crippen LogP contribution in [0.5, 0.6) is 0 Å². The molecule has 6 heteroatoms. The van der Waals surface area contributed by atoms with Crippen molar-refractivity contribution in [3.05, 3.63) is 71.3 Å². The summed E-state index contributed by atoms with van der Waals surface area (Å²) in [4.78, 5) is 14.8. The number of piperazine rings is 1. The summed E-state index contributed by atoms with van der Waals surface area (Å²) in [5.41, 5.74) is 1.71. The molecule has 1 unspecified atom stereocenters. The Morgan fingerprint density at radius 1 is 1.00 bits per heavy atom. The van der Waals surface area contributed by atoms with E-state index in [2.05, 4.69) is 10.2 Å². The molecule has 1 saturated heterocycles. The molecule has 0 radical (unpaired) electrons. The average molecular weight is 372 g/mol. The molecule has 2 aromatic rings. The Morgan fingerprint density at radius 3 is 2.07 bits per heavy atom. The lowest BCUT2D eigenvalue weighted by molar-refractivity contribution is -0.152. The third-order valence-corrected chi connectivity index (χ3v) is 5.07. The van der Waals surface area contributed by atoms with E-state index in [-0.39, 0.29) is 29.7 Å². The molecule has 4 rings (SSSR count). The number of carbonyl (C=O) groups excluding carboxylic acids is 1. The fourth-order valence-corrected chi connectivity index (χ4v) is 3.54. The lowest BCUT2D eigenvalue weighted by Gasteiger charge is -2.40. The van der Waals surface area contributed by atoms with E-state index in [0.29, 0.717) is 13.1 Å². The SMILES string of the molecule is O=C(OC1CC1)C1CNCCN1C(c1ccc(F)cc1)c1ccc(F)cc1. The molecule has 0 spiro atoms. The number of nitrogens with one attached hydrogen (secondary N) is 1. The van der Waals surface area contributed by atoms with Gasteiger partial charge < -0.3 is 10.1 Å². The van der Waals surface area contributed by atoms with Crippen LogP contribution in [0.2, 0.25) is 0 Å². The first-order valence-electron chi connectivity index (χ1n) is 9.30. The molecule has 142 valence electrons. The van der Waals surface area contributed by atoms with Gasteiger partial charge in [-0.3, -0.25) is 9.69 Å². The van der Waals surface area contributed by atoms with Crippen LogP contribution in [-0.2, 0) is 9.53 Å². The monoisotopic (exact) mass is 372 g/mol. The maximum atomic E-state index is 13.5. The van der Waals surface area contributed by atoms with Crippen LogP contribution in [0, 0.1) is 11.6 Å². The highest BCUT2D eigenvalue weighted by Gasteiger charge is 2.38. The number of benzene rings is 2. The quantitative estimate of drug-likeness (QED) is 0.820. The fourth-order valence-electron chi connectivity index (χ4n) is 3.54. The van der Waals surface area contributed by atoms with Gasteiger partial charge >= 0.3 is 5.97 Å². The minimum Gasteiger partial charge on any atom is -0.461 e. The molecule has 1 aliphatic heterocycles. The smallest absolute Gasteiger partial charge is 0.324 e. The van der Waals surface area contributed by atoms with Gasteiger partial charge in [0.15, 0.2) is 0 Å². The van der Waals surface area contributed by atoms with Crippen LogP contribution in [0.15, 0.2) is 48.5 Å². The van der Waals surface area contributed by atoms with Crippen LogP contribution in [0.3, 0.4) is 0 Å². The van der Waals surface area contributed by atoms with Crippen molar-refractivity contribution in [3.8, 4) is 0 Å². The third-order valence-electron chi connectivity index (χ3n) is 5.07. The van der Waals surface area contributed by atoms with E-state index in [1.165, 1.54) is 24.3 Å². The predicted molar refractivity (Wildman–Crippen MR) is 97.1 cm³/mol. The lowest BCUT2D eigenvalue weighted by atomic mass is 9.94. The molecule has 1 saturated carbocycles. The summed E-state index contributed by atoms with van der Waals surface area (Å²) in [6, 6.07) is 11.8. The molecular formula is C21H22F2N2O2. The first kappa shape index (κ1) is 18.1. The fraction of sp³-hybridized carbons (Fsp3) is 0.381. The van der Waals surface area contributed by atoms with Crippen molar-refractivity contribution in [2.24, 2.45) is 0 Å². The normalized spacial score (nSPS) is 20.6. The minimum atomic E-state index is -0.445. The van der Waals surface area contributed by atoms with Gasteiger partial charge in [0.05, 0.1) is 6.04 Å². The average Bonchev–Trinajstić information content (AvgIpc) is 3.49. The van der Waals surface area contributed by atoms with E-state index in [1.54, 1.807) is 24.3 Å². The third kappa shape index (κ3) is 4.17. The van der Waals surface area contributed by atoms with E-state index in [1.807, 2.05) is 0 Å². The molecule has 2 aromatic carbocycles. The summed E-state index contributed by atoms with van der Waals surface area (Å²) >= 11 is 0. The van der Waals surface area contributed by atoms with E-state index in [9.17, 15) is 13.6 Å². The molecule has 0 amide bonds. The molecule has 2 fully saturated rings. The van der Waals surface area contributed by atoms with Gasteiger partial charge in [-0.05, 0) is 48.2 Å².